The van der Waals surface area contributed by atoms with Gasteiger partial charge in [-0.3, -0.25) is 19.3 Å². The first-order valence-corrected chi connectivity index (χ1v) is 11.5. The third-order valence-electron chi connectivity index (χ3n) is 7.19. The molecule has 0 saturated carbocycles. The van der Waals surface area contributed by atoms with E-state index in [1.54, 1.807) is 0 Å². The standard InChI is InChI=1S/C27H28N2O3/c1-4-5-14-28-26(31)22-21-15-17(3)19-8-6-7-9-20(19)29(21)24(23(22)27(28)32)25(30)18-12-10-16(2)11-13-18/h6-13,15,21-24H,4-5,14H2,1-3H3/t21-,22+,23+,24-/m1/s1. The van der Waals surface area contributed by atoms with E-state index in [1.807, 2.05) is 74.2 Å². The molecule has 0 radical (unpaired) electrons. The number of carbonyl (C=O) groups excluding carboxylic acids is 3. The van der Waals surface area contributed by atoms with Gasteiger partial charge >= 0.3 is 0 Å². The van der Waals surface area contributed by atoms with Gasteiger partial charge in [0.15, 0.2) is 5.78 Å². The van der Waals surface area contributed by atoms with Crippen LogP contribution in [0.1, 0.15) is 48.2 Å². The van der Waals surface area contributed by atoms with Crippen LogP contribution in [0.3, 0.4) is 0 Å². The molecule has 32 heavy (non-hydrogen) atoms. The summed E-state index contributed by atoms with van der Waals surface area (Å²) >= 11 is 0. The molecule has 5 nitrogen and oxygen atoms in total. The molecule has 2 aromatic carbocycles. The minimum Gasteiger partial charge on any atom is -0.352 e. The van der Waals surface area contributed by atoms with Crippen molar-refractivity contribution in [2.75, 3.05) is 11.4 Å². The number of anilines is 1. The number of fused-ring (bicyclic) bond motifs is 5. The van der Waals surface area contributed by atoms with Crippen molar-refractivity contribution in [2.45, 2.75) is 45.7 Å². The first-order chi connectivity index (χ1) is 15.4. The van der Waals surface area contributed by atoms with Crippen LogP contribution in [0.25, 0.3) is 5.57 Å². The maximum absolute atomic E-state index is 13.9. The Morgan fingerprint density at radius 2 is 1.62 bits per heavy atom. The Bertz CT molecular complexity index is 1130. The summed E-state index contributed by atoms with van der Waals surface area (Å²) in [6.07, 6.45) is 3.76. The molecule has 3 aliphatic rings. The number of Topliss-reactive ketones (excluding diaryl/α,β-unsaturated/α-hetero) is 1. The van der Waals surface area contributed by atoms with E-state index >= 15 is 0 Å². The molecule has 4 atom stereocenters. The summed E-state index contributed by atoms with van der Waals surface area (Å²) in [4.78, 5) is 44.3. The van der Waals surface area contributed by atoms with Crippen LogP contribution < -0.4 is 4.90 Å². The SMILES string of the molecule is CCCCN1C(=O)[C@@H]2[C@H](C1=O)[C@H](C(=O)c1ccc(C)cc1)N1c3ccccc3C(C)=C[C@H]21. The lowest BCUT2D eigenvalue weighted by Gasteiger charge is -2.38. The molecular weight excluding hydrogens is 400 g/mol. The van der Waals surface area contributed by atoms with Gasteiger partial charge in [-0.05, 0) is 31.9 Å². The summed E-state index contributed by atoms with van der Waals surface area (Å²) < 4.78 is 0. The third-order valence-corrected chi connectivity index (χ3v) is 7.19. The number of carbonyl (C=O) groups is 3. The lowest BCUT2D eigenvalue weighted by Crippen LogP contribution is -2.49. The highest BCUT2D eigenvalue weighted by molar-refractivity contribution is 6.14. The van der Waals surface area contributed by atoms with Crippen molar-refractivity contribution in [1.82, 2.24) is 4.90 Å². The van der Waals surface area contributed by atoms with Crippen LogP contribution >= 0.6 is 0 Å². The maximum atomic E-state index is 13.9. The quantitative estimate of drug-likeness (QED) is 0.528. The number of amides is 2. The van der Waals surface area contributed by atoms with Crippen molar-refractivity contribution in [3.05, 3.63) is 71.3 Å². The minimum absolute atomic E-state index is 0.0938. The Kier molecular flexibility index (Phi) is 5.00. The van der Waals surface area contributed by atoms with Gasteiger partial charge in [-0.15, -0.1) is 0 Å². The molecule has 2 fully saturated rings. The van der Waals surface area contributed by atoms with Crippen molar-refractivity contribution in [2.24, 2.45) is 11.8 Å². The molecule has 5 rings (SSSR count). The topological polar surface area (TPSA) is 57.7 Å². The Balaban J connectivity index is 1.64. The maximum Gasteiger partial charge on any atom is 0.235 e. The number of unbranched alkanes of at least 4 members (excludes halogenated alkanes) is 1. The van der Waals surface area contributed by atoms with Crippen molar-refractivity contribution < 1.29 is 14.4 Å². The van der Waals surface area contributed by atoms with Crippen molar-refractivity contribution in [3.8, 4) is 0 Å². The van der Waals surface area contributed by atoms with Gasteiger partial charge < -0.3 is 4.90 Å². The Morgan fingerprint density at radius 1 is 0.938 bits per heavy atom. The number of para-hydroxylation sites is 1. The van der Waals surface area contributed by atoms with Gasteiger partial charge in [0.05, 0.1) is 17.9 Å². The van der Waals surface area contributed by atoms with Gasteiger partial charge in [0.1, 0.15) is 6.04 Å². The number of hydrogen-bond donors (Lipinski definition) is 0. The highest BCUT2D eigenvalue weighted by Crippen LogP contribution is 2.50. The predicted molar refractivity (Wildman–Crippen MR) is 124 cm³/mol. The molecule has 164 valence electrons. The second kappa shape index (κ2) is 7.73. The molecule has 0 spiro atoms. The van der Waals surface area contributed by atoms with Crippen LogP contribution in [0.5, 0.6) is 0 Å². The van der Waals surface area contributed by atoms with E-state index in [9.17, 15) is 14.4 Å². The Morgan fingerprint density at radius 3 is 2.34 bits per heavy atom. The van der Waals surface area contributed by atoms with E-state index in [2.05, 4.69) is 6.08 Å². The number of imide groups is 1. The number of allylic oxidation sites excluding steroid dienone is 1. The van der Waals surface area contributed by atoms with Crippen LogP contribution in [0.2, 0.25) is 0 Å². The molecule has 0 unspecified atom stereocenters. The van der Waals surface area contributed by atoms with Gasteiger partial charge in [0.25, 0.3) is 0 Å². The summed E-state index contributed by atoms with van der Waals surface area (Å²) in [6, 6.07) is 14.5. The van der Waals surface area contributed by atoms with E-state index < -0.39 is 17.9 Å². The Hall–Kier alpha value is -3.21. The summed E-state index contributed by atoms with van der Waals surface area (Å²) in [5, 5.41) is 0. The number of nitrogens with zero attached hydrogens (tertiary/aromatic N) is 2. The number of aryl methyl sites for hydroxylation is 1. The average molecular weight is 429 g/mol. The fourth-order valence-electron chi connectivity index (χ4n) is 5.58. The van der Waals surface area contributed by atoms with E-state index in [0.717, 1.165) is 35.2 Å². The van der Waals surface area contributed by atoms with Crippen molar-refractivity contribution in [3.63, 3.8) is 0 Å². The fraction of sp³-hybridized carbons (Fsp3) is 0.370. The van der Waals surface area contributed by atoms with E-state index in [4.69, 9.17) is 0 Å². The van der Waals surface area contributed by atoms with Gasteiger partial charge in [-0.2, -0.15) is 0 Å². The molecule has 5 heteroatoms. The summed E-state index contributed by atoms with van der Waals surface area (Å²) in [5.41, 5.74) is 4.71. The first-order valence-electron chi connectivity index (χ1n) is 11.5. The molecule has 0 aliphatic carbocycles. The Labute approximate surface area is 188 Å². The van der Waals surface area contributed by atoms with Crippen LogP contribution in [-0.2, 0) is 9.59 Å². The smallest absolute Gasteiger partial charge is 0.235 e. The van der Waals surface area contributed by atoms with Gasteiger partial charge in [0.2, 0.25) is 11.8 Å². The van der Waals surface area contributed by atoms with E-state index in [1.165, 1.54) is 4.90 Å². The molecule has 2 aromatic rings. The van der Waals surface area contributed by atoms with Crippen molar-refractivity contribution in [1.29, 1.82) is 0 Å². The van der Waals surface area contributed by atoms with Gasteiger partial charge in [0, 0.05) is 23.4 Å². The molecule has 0 N–H and O–H groups in total. The molecular formula is C27H28N2O3. The normalized spacial score (nSPS) is 26.0. The second-order valence-corrected chi connectivity index (χ2v) is 9.17. The zero-order valence-electron chi connectivity index (χ0n) is 18.7. The monoisotopic (exact) mass is 428 g/mol. The molecule has 3 aliphatic heterocycles. The van der Waals surface area contributed by atoms with Crippen LogP contribution in [0, 0.1) is 18.8 Å². The first kappa shape index (κ1) is 20.7. The largest absolute Gasteiger partial charge is 0.352 e. The second-order valence-electron chi connectivity index (χ2n) is 9.17. The zero-order chi connectivity index (χ0) is 22.6. The predicted octanol–water partition coefficient (Wildman–Crippen LogP) is 4.25. The minimum atomic E-state index is -0.693. The highest BCUT2D eigenvalue weighted by Gasteiger charge is 2.64. The number of likely N-dealkylation sites (tertiary alicyclic amines) is 1. The molecule has 0 bridgehead atoms. The highest BCUT2D eigenvalue weighted by atomic mass is 16.2. The van der Waals surface area contributed by atoms with Crippen LogP contribution in [-0.4, -0.2) is 41.1 Å². The lowest BCUT2D eigenvalue weighted by atomic mass is 9.85. The van der Waals surface area contributed by atoms with Gasteiger partial charge in [-0.25, -0.2) is 0 Å². The summed E-state index contributed by atoms with van der Waals surface area (Å²) in [6.45, 7) is 6.49. The molecule has 2 amide bonds. The van der Waals surface area contributed by atoms with E-state index in [-0.39, 0.29) is 23.6 Å². The molecule has 0 aromatic heterocycles. The number of hydrogen-bond acceptors (Lipinski definition) is 4. The molecule has 2 saturated heterocycles. The van der Waals surface area contributed by atoms with E-state index in [0.29, 0.717) is 12.1 Å². The van der Waals surface area contributed by atoms with Crippen molar-refractivity contribution >= 4 is 28.9 Å². The number of rotatable bonds is 5. The summed E-state index contributed by atoms with van der Waals surface area (Å²) in [7, 11) is 0. The van der Waals surface area contributed by atoms with Crippen LogP contribution in [0.4, 0.5) is 5.69 Å². The average Bonchev–Trinajstić information content (AvgIpc) is 3.25. The summed E-state index contributed by atoms with van der Waals surface area (Å²) in [5.74, 6) is -1.61. The lowest BCUT2D eigenvalue weighted by molar-refractivity contribution is -0.140. The van der Waals surface area contributed by atoms with Gasteiger partial charge in [-0.1, -0.05) is 67.4 Å². The zero-order valence-corrected chi connectivity index (χ0v) is 18.7. The fourth-order valence-corrected chi connectivity index (χ4v) is 5.58. The molecule has 3 heterocycles. The number of benzene rings is 2. The number of ketones is 1. The third kappa shape index (κ3) is 2.94. The van der Waals surface area contributed by atoms with Crippen LogP contribution in [0.15, 0.2) is 54.6 Å².